The van der Waals surface area contributed by atoms with Crippen LogP contribution in [-0.2, 0) is 23.5 Å². The lowest BCUT2D eigenvalue weighted by atomic mass is 9.92. The SMILES string of the molecule is CCN([C@@H]1CCCc2cccnc21)S(=O)(=O)c1ccnn1C. The second-order valence-electron chi connectivity index (χ2n) is 5.46. The van der Waals surface area contributed by atoms with E-state index < -0.39 is 10.0 Å². The predicted molar refractivity (Wildman–Crippen MR) is 82.7 cm³/mol. The first-order valence-corrected chi connectivity index (χ1v) is 8.93. The van der Waals surface area contributed by atoms with Crippen LogP contribution in [0.4, 0.5) is 0 Å². The minimum Gasteiger partial charge on any atom is -0.259 e. The second-order valence-corrected chi connectivity index (χ2v) is 7.29. The number of rotatable bonds is 4. The van der Waals surface area contributed by atoms with Crippen LogP contribution in [0.25, 0.3) is 0 Å². The van der Waals surface area contributed by atoms with Crippen molar-refractivity contribution in [1.29, 1.82) is 0 Å². The predicted octanol–water partition coefficient (Wildman–Crippen LogP) is 1.90. The number of hydrogen-bond acceptors (Lipinski definition) is 4. The summed E-state index contributed by atoms with van der Waals surface area (Å²) in [6.07, 6.45) is 5.98. The van der Waals surface area contributed by atoms with Gasteiger partial charge in [0.05, 0.1) is 17.9 Å². The molecule has 0 bridgehead atoms. The average molecular weight is 320 g/mol. The van der Waals surface area contributed by atoms with E-state index in [4.69, 9.17) is 0 Å². The Morgan fingerprint density at radius 3 is 2.86 bits per heavy atom. The number of nitrogens with zero attached hydrogens (tertiary/aromatic N) is 4. The lowest BCUT2D eigenvalue weighted by molar-refractivity contribution is 0.296. The summed E-state index contributed by atoms with van der Waals surface area (Å²) in [5.74, 6) is 0. The molecule has 22 heavy (non-hydrogen) atoms. The fourth-order valence-corrected chi connectivity index (χ4v) is 4.89. The standard InChI is InChI=1S/C15H20N4O2S/c1-3-19(22(20,21)14-9-11-17-18(14)2)13-8-4-6-12-7-5-10-16-15(12)13/h5,7,9-11,13H,3-4,6,8H2,1-2H3/t13-/m1/s1. The minimum atomic E-state index is -3.59. The van der Waals surface area contributed by atoms with Gasteiger partial charge in [0.15, 0.2) is 5.03 Å². The first-order valence-electron chi connectivity index (χ1n) is 7.49. The van der Waals surface area contributed by atoms with Gasteiger partial charge in [0.25, 0.3) is 10.0 Å². The Balaban J connectivity index is 2.05. The van der Waals surface area contributed by atoms with Crippen LogP contribution in [0.15, 0.2) is 35.6 Å². The van der Waals surface area contributed by atoms with Crippen LogP contribution in [0.1, 0.15) is 37.1 Å². The topological polar surface area (TPSA) is 68.1 Å². The number of fused-ring (bicyclic) bond motifs is 1. The lowest BCUT2D eigenvalue weighted by Gasteiger charge is -2.33. The molecule has 0 saturated carbocycles. The van der Waals surface area contributed by atoms with Gasteiger partial charge in [-0.25, -0.2) is 8.42 Å². The van der Waals surface area contributed by atoms with E-state index in [1.165, 1.54) is 10.9 Å². The van der Waals surface area contributed by atoms with Crippen LogP contribution >= 0.6 is 0 Å². The summed E-state index contributed by atoms with van der Waals surface area (Å²) in [6.45, 7) is 2.28. The first kappa shape index (κ1) is 15.2. The van der Waals surface area contributed by atoms with Gasteiger partial charge in [-0.05, 0) is 37.0 Å². The summed E-state index contributed by atoms with van der Waals surface area (Å²) in [4.78, 5) is 4.46. The van der Waals surface area contributed by atoms with Crippen molar-refractivity contribution in [2.75, 3.05) is 6.54 Å². The van der Waals surface area contributed by atoms with Crippen LogP contribution < -0.4 is 0 Å². The number of hydrogen-bond donors (Lipinski definition) is 0. The second kappa shape index (κ2) is 5.81. The smallest absolute Gasteiger partial charge is 0.259 e. The van der Waals surface area contributed by atoms with Gasteiger partial charge in [0.1, 0.15) is 0 Å². The maximum Gasteiger partial charge on any atom is 0.260 e. The summed E-state index contributed by atoms with van der Waals surface area (Å²) in [5.41, 5.74) is 2.04. The van der Waals surface area contributed by atoms with Crippen molar-refractivity contribution in [3.63, 3.8) is 0 Å². The maximum absolute atomic E-state index is 13.0. The van der Waals surface area contributed by atoms with E-state index in [1.54, 1.807) is 23.6 Å². The molecule has 0 N–H and O–H groups in total. The Bertz CT molecular complexity index is 769. The summed E-state index contributed by atoms with van der Waals surface area (Å²) in [6, 6.07) is 5.29. The van der Waals surface area contributed by atoms with Crippen LogP contribution in [0.5, 0.6) is 0 Å². The van der Waals surface area contributed by atoms with Gasteiger partial charge in [-0.2, -0.15) is 9.40 Å². The van der Waals surface area contributed by atoms with E-state index in [0.717, 1.165) is 30.5 Å². The van der Waals surface area contributed by atoms with Crippen molar-refractivity contribution in [3.05, 3.63) is 41.9 Å². The highest BCUT2D eigenvalue weighted by Crippen LogP contribution is 2.35. The molecule has 0 fully saturated rings. The van der Waals surface area contributed by atoms with Crippen molar-refractivity contribution in [3.8, 4) is 0 Å². The molecule has 0 radical (unpaired) electrons. The van der Waals surface area contributed by atoms with Gasteiger partial charge >= 0.3 is 0 Å². The van der Waals surface area contributed by atoms with Gasteiger partial charge in [0, 0.05) is 19.8 Å². The third-order valence-electron chi connectivity index (χ3n) is 4.17. The molecule has 0 unspecified atom stereocenters. The van der Waals surface area contributed by atoms with Gasteiger partial charge in [-0.15, -0.1) is 0 Å². The Labute approximate surface area is 130 Å². The quantitative estimate of drug-likeness (QED) is 0.863. The summed E-state index contributed by atoms with van der Waals surface area (Å²) in [7, 11) is -1.94. The molecule has 2 aromatic rings. The minimum absolute atomic E-state index is 0.199. The molecule has 0 amide bonds. The molecular formula is C15H20N4O2S. The monoisotopic (exact) mass is 320 g/mol. The Kier molecular flexibility index (Phi) is 4.01. The van der Waals surface area contributed by atoms with E-state index in [2.05, 4.69) is 10.1 Å². The molecule has 1 aliphatic rings. The Morgan fingerprint density at radius 2 is 2.18 bits per heavy atom. The van der Waals surface area contributed by atoms with Crippen molar-refractivity contribution >= 4 is 10.0 Å². The molecule has 0 saturated heterocycles. The van der Waals surface area contributed by atoms with E-state index >= 15 is 0 Å². The van der Waals surface area contributed by atoms with E-state index in [0.29, 0.717) is 6.54 Å². The fourth-order valence-electron chi connectivity index (χ4n) is 3.16. The van der Waals surface area contributed by atoms with Gasteiger partial charge < -0.3 is 0 Å². The van der Waals surface area contributed by atoms with Gasteiger partial charge in [-0.3, -0.25) is 9.67 Å². The zero-order chi connectivity index (χ0) is 15.7. The summed E-state index contributed by atoms with van der Waals surface area (Å²) in [5, 5.41) is 4.20. The van der Waals surface area contributed by atoms with Gasteiger partial charge in [-0.1, -0.05) is 13.0 Å². The molecule has 0 aromatic carbocycles. The van der Waals surface area contributed by atoms with Crippen molar-refractivity contribution in [2.24, 2.45) is 7.05 Å². The largest absolute Gasteiger partial charge is 0.260 e. The lowest BCUT2D eigenvalue weighted by Crippen LogP contribution is -2.37. The molecule has 2 aromatic heterocycles. The number of aromatic nitrogens is 3. The molecule has 6 nitrogen and oxygen atoms in total. The zero-order valence-electron chi connectivity index (χ0n) is 12.8. The highest BCUT2D eigenvalue weighted by Gasteiger charge is 2.36. The molecule has 2 heterocycles. The van der Waals surface area contributed by atoms with E-state index in [1.807, 2.05) is 19.1 Å². The molecule has 7 heteroatoms. The fraction of sp³-hybridized carbons (Fsp3) is 0.467. The summed E-state index contributed by atoms with van der Waals surface area (Å²) < 4.78 is 28.9. The molecule has 1 atom stereocenters. The molecule has 0 spiro atoms. The maximum atomic E-state index is 13.0. The van der Waals surface area contributed by atoms with Crippen LogP contribution in [0.3, 0.4) is 0 Å². The Morgan fingerprint density at radius 1 is 1.36 bits per heavy atom. The molecule has 118 valence electrons. The normalized spacial score (nSPS) is 18.4. The van der Waals surface area contributed by atoms with Crippen LogP contribution in [0, 0.1) is 0 Å². The third-order valence-corrected chi connectivity index (χ3v) is 6.23. The highest BCUT2D eigenvalue weighted by atomic mass is 32.2. The van der Waals surface area contributed by atoms with E-state index in [9.17, 15) is 8.42 Å². The summed E-state index contributed by atoms with van der Waals surface area (Å²) >= 11 is 0. The Hall–Kier alpha value is -1.73. The molecule has 1 aliphatic carbocycles. The van der Waals surface area contributed by atoms with Crippen molar-refractivity contribution < 1.29 is 8.42 Å². The van der Waals surface area contributed by atoms with Crippen LogP contribution in [-0.4, -0.2) is 34.0 Å². The number of aryl methyl sites for hydroxylation is 2. The molecule has 3 rings (SSSR count). The first-order chi connectivity index (χ1) is 10.6. The average Bonchev–Trinajstić information content (AvgIpc) is 2.95. The van der Waals surface area contributed by atoms with Crippen LogP contribution in [0.2, 0.25) is 0 Å². The third kappa shape index (κ3) is 2.44. The highest BCUT2D eigenvalue weighted by molar-refractivity contribution is 7.89. The van der Waals surface area contributed by atoms with Gasteiger partial charge in [0.2, 0.25) is 0 Å². The molecule has 0 aliphatic heterocycles. The van der Waals surface area contributed by atoms with Crippen molar-refractivity contribution in [2.45, 2.75) is 37.3 Å². The number of pyridine rings is 1. The number of sulfonamides is 1. The van der Waals surface area contributed by atoms with E-state index in [-0.39, 0.29) is 11.1 Å². The van der Waals surface area contributed by atoms with Crippen molar-refractivity contribution in [1.82, 2.24) is 19.1 Å². The zero-order valence-corrected chi connectivity index (χ0v) is 13.6. The molecular weight excluding hydrogens is 300 g/mol.